The monoisotopic (exact) mass is 355 g/mol. The van der Waals surface area contributed by atoms with E-state index in [0.717, 1.165) is 4.31 Å². The van der Waals surface area contributed by atoms with Crippen molar-refractivity contribution in [3.05, 3.63) is 48.0 Å². The van der Waals surface area contributed by atoms with E-state index in [4.69, 9.17) is 4.74 Å². The molecule has 2 aromatic rings. The van der Waals surface area contributed by atoms with Crippen LogP contribution in [0.1, 0.15) is 5.56 Å². The molecule has 0 radical (unpaired) electrons. The van der Waals surface area contributed by atoms with Crippen molar-refractivity contribution in [2.75, 3.05) is 13.1 Å². The molecule has 1 aromatic heterocycles. The predicted molar refractivity (Wildman–Crippen MR) is 84.2 cm³/mol. The van der Waals surface area contributed by atoms with E-state index in [-0.39, 0.29) is 18.7 Å². The van der Waals surface area contributed by atoms with Gasteiger partial charge in [0.05, 0.1) is 24.7 Å². The van der Waals surface area contributed by atoms with E-state index < -0.39 is 33.8 Å². The molecule has 1 saturated heterocycles. The first kappa shape index (κ1) is 16.9. The largest absolute Gasteiger partial charge is 0.483 e. The van der Waals surface area contributed by atoms with Crippen LogP contribution in [0.2, 0.25) is 0 Å². The molecule has 0 unspecified atom stereocenters. The van der Waals surface area contributed by atoms with Crippen molar-refractivity contribution in [1.29, 1.82) is 0 Å². The highest BCUT2D eigenvalue weighted by atomic mass is 32.2. The lowest BCUT2D eigenvalue weighted by molar-refractivity contribution is 0.0737. The molecule has 2 heterocycles. The first-order valence-electron chi connectivity index (χ1n) is 7.40. The van der Waals surface area contributed by atoms with Gasteiger partial charge in [-0.1, -0.05) is 18.2 Å². The number of aryl methyl sites for hydroxylation is 1. The molecule has 9 heteroatoms. The van der Waals surface area contributed by atoms with Gasteiger partial charge in [0.15, 0.2) is 5.75 Å². The maximum atomic E-state index is 13.7. The SMILES string of the molecule is Cn1cc(O[C@@H]2CN(S(=O)(=O)Cc3ccccc3F)C[C@H]2O)cn1. The number of hydrogen-bond donors (Lipinski definition) is 1. The Morgan fingerprint density at radius 2 is 2.12 bits per heavy atom. The van der Waals surface area contributed by atoms with Crippen LogP contribution in [0.4, 0.5) is 4.39 Å². The predicted octanol–water partition coefficient (Wildman–Crippen LogP) is 0.513. The summed E-state index contributed by atoms with van der Waals surface area (Å²) >= 11 is 0. The smallest absolute Gasteiger partial charge is 0.218 e. The topological polar surface area (TPSA) is 84.7 Å². The number of aliphatic hydroxyl groups is 1. The first-order chi connectivity index (χ1) is 11.3. The number of rotatable bonds is 5. The molecule has 2 atom stereocenters. The van der Waals surface area contributed by atoms with Crippen molar-refractivity contribution in [3.8, 4) is 5.75 Å². The molecule has 0 spiro atoms. The third kappa shape index (κ3) is 3.58. The summed E-state index contributed by atoms with van der Waals surface area (Å²) in [4.78, 5) is 0. The highest BCUT2D eigenvalue weighted by molar-refractivity contribution is 7.88. The summed E-state index contributed by atoms with van der Waals surface area (Å²) in [5.74, 6) is -0.565. The maximum absolute atomic E-state index is 13.7. The molecule has 0 amide bonds. The first-order valence-corrected chi connectivity index (χ1v) is 9.00. The second kappa shape index (κ2) is 6.50. The van der Waals surface area contributed by atoms with Crippen molar-refractivity contribution in [3.63, 3.8) is 0 Å². The Balaban J connectivity index is 1.70. The van der Waals surface area contributed by atoms with Gasteiger partial charge in [-0.2, -0.15) is 9.40 Å². The van der Waals surface area contributed by atoms with Crippen molar-refractivity contribution in [2.24, 2.45) is 7.05 Å². The van der Waals surface area contributed by atoms with Gasteiger partial charge in [-0.15, -0.1) is 0 Å². The summed E-state index contributed by atoms with van der Waals surface area (Å²) < 4.78 is 46.9. The Kier molecular flexibility index (Phi) is 4.57. The molecular weight excluding hydrogens is 337 g/mol. The number of aliphatic hydroxyl groups excluding tert-OH is 1. The van der Waals surface area contributed by atoms with Gasteiger partial charge < -0.3 is 9.84 Å². The minimum absolute atomic E-state index is 0.00679. The van der Waals surface area contributed by atoms with Crippen LogP contribution in [-0.2, 0) is 22.8 Å². The number of benzene rings is 1. The van der Waals surface area contributed by atoms with Gasteiger partial charge in [-0.3, -0.25) is 4.68 Å². The van der Waals surface area contributed by atoms with E-state index in [1.807, 2.05) is 0 Å². The van der Waals surface area contributed by atoms with E-state index >= 15 is 0 Å². The average Bonchev–Trinajstić information content (AvgIpc) is 3.09. The summed E-state index contributed by atoms with van der Waals surface area (Å²) in [5.41, 5.74) is 0.101. The molecule has 1 aromatic carbocycles. The van der Waals surface area contributed by atoms with E-state index in [9.17, 15) is 17.9 Å². The maximum Gasteiger partial charge on any atom is 0.218 e. The minimum Gasteiger partial charge on any atom is -0.483 e. The quantitative estimate of drug-likeness (QED) is 0.845. The molecular formula is C15H18FN3O4S. The third-order valence-electron chi connectivity index (χ3n) is 3.86. The van der Waals surface area contributed by atoms with Crippen LogP contribution in [-0.4, -0.2) is 52.9 Å². The van der Waals surface area contributed by atoms with Gasteiger partial charge in [0, 0.05) is 19.2 Å². The standard InChI is InChI=1S/C15H18FN3O4S/c1-18-7-12(6-17-18)23-15-9-19(8-14(15)20)24(21,22)10-11-4-2-3-5-13(11)16/h2-7,14-15,20H,8-10H2,1H3/t14-,15-/m1/s1. The van der Waals surface area contributed by atoms with Gasteiger partial charge >= 0.3 is 0 Å². The lowest BCUT2D eigenvalue weighted by Gasteiger charge is -2.16. The Labute approximate surface area is 139 Å². The van der Waals surface area contributed by atoms with Crippen molar-refractivity contribution in [2.45, 2.75) is 18.0 Å². The molecule has 1 aliphatic heterocycles. The fourth-order valence-corrected chi connectivity index (χ4v) is 4.17. The normalized spacial score (nSPS) is 22.0. The Hall–Kier alpha value is -1.97. The zero-order valence-electron chi connectivity index (χ0n) is 13.0. The third-order valence-corrected chi connectivity index (χ3v) is 5.62. The van der Waals surface area contributed by atoms with Crippen LogP contribution < -0.4 is 4.74 Å². The summed E-state index contributed by atoms with van der Waals surface area (Å²) in [6.45, 7) is -0.0748. The molecule has 7 nitrogen and oxygen atoms in total. The van der Waals surface area contributed by atoms with Crippen LogP contribution in [0.15, 0.2) is 36.7 Å². The van der Waals surface area contributed by atoms with Crippen molar-refractivity contribution < 1.29 is 22.7 Å². The van der Waals surface area contributed by atoms with E-state index in [1.54, 1.807) is 24.0 Å². The molecule has 0 saturated carbocycles. The van der Waals surface area contributed by atoms with Gasteiger partial charge in [0.25, 0.3) is 0 Å². The Bertz CT molecular complexity index is 824. The molecule has 3 rings (SSSR count). The number of nitrogens with zero attached hydrogens (tertiary/aromatic N) is 3. The van der Waals surface area contributed by atoms with Crippen molar-refractivity contribution in [1.82, 2.24) is 14.1 Å². The van der Waals surface area contributed by atoms with Gasteiger partial charge in [0.1, 0.15) is 18.0 Å². The lowest BCUT2D eigenvalue weighted by atomic mass is 10.2. The van der Waals surface area contributed by atoms with Gasteiger partial charge in [-0.05, 0) is 6.07 Å². The highest BCUT2D eigenvalue weighted by Crippen LogP contribution is 2.23. The average molecular weight is 355 g/mol. The summed E-state index contributed by atoms with van der Waals surface area (Å²) in [5, 5.41) is 14.0. The molecule has 1 N–H and O–H groups in total. The lowest BCUT2D eigenvalue weighted by Crippen LogP contribution is -2.32. The molecule has 130 valence electrons. The number of β-amino-alcohol motifs (C(OH)–C–C–N with tert-alkyl or cyclic N) is 1. The number of ether oxygens (including phenoxy) is 1. The number of sulfonamides is 1. The molecule has 0 aliphatic carbocycles. The minimum atomic E-state index is -3.76. The molecule has 24 heavy (non-hydrogen) atoms. The van der Waals surface area contributed by atoms with Crippen LogP contribution in [0.3, 0.4) is 0 Å². The van der Waals surface area contributed by atoms with E-state index in [2.05, 4.69) is 5.10 Å². The zero-order valence-corrected chi connectivity index (χ0v) is 13.9. The number of aromatic nitrogens is 2. The number of hydrogen-bond acceptors (Lipinski definition) is 5. The van der Waals surface area contributed by atoms with Crippen LogP contribution in [0.25, 0.3) is 0 Å². The molecule has 1 fully saturated rings. The molecule has 1 aliphatic rings. The summed E-state index contributed by atoms with van der Waals surface area (Å²) in [7, 11) is -2.03. The summed E-state index contributed by atoms with van der Waals surface area (Å²) in [6.07, 6.45) is 1.47. The number of halogens is 1. The van der Waals surface area contributed by atoms with E-state index in [1.165, 1.54) is 24.4 Å². The fraction of sp³-hybridized carbons (Fsp3) is 0.400. The zero-order chi connectivity index (χ0) is 17.3. The van der Waals surface area contributed by atoms with Crippen LogP contribution in [0, 0.1) is 5.82 Å². The van der Waals surface area contributed by atoms with E-state index in [0.29, 0.717) is 5.75 Å². The Morgan fingerprint density at radius 3 is 2.79 bits per heavy atom. The van der Waals surface area contributed by atoms with Gasteiger partial charge in [0.2, 0.25) is 10.0 Å². The molecule has 0 bridgehead atoms. The van der Waals surface area contributed by atoms with Gasteiger partial charge in [-0.25, -0.2) is 12.8 Å². The van der Waals surface area contributed by atoms with Crippen LogP contribution >= 0.6 is 0 Å². The Morgan fingerprint density at radius 1 is 1.38 bits per heavy atom. The fourth-order valence-electron chi connectivity index (χ4n) is 2.60. The summed E-state index contributed by atoms with van der Waals surface area (Å²) in [6, 6.07) is 5.74. The van der Waals surface area contributed by atoms with Crippen LogP contribution in [0.5, 0.6) is 5.75 Å². The second-order valence-electron chi connectivity index (χ2n) is 5.74. The van der Waals surface area contributed by atoms with Crippen molar-refractivity contribution >= 4 is 10.0 Å². The highest BCUT2D eigenvalue weighted by Gasteiger charge is 2.39. The second-order valence-corrected chi connectivity index (χ2v) is 7.71.